The number of amides is 2. The number of carbonyl (C=O) groups excluding carboxylic acids is 1. The number of carboxylic acid groups (broad SMARTS) is 1. The summed E-state index contributed by atoms with van der Waals surface area (Å²) in [6, 6.07) is 12.6. The fraction of sp³-hybridized carbons (Fsp3) is 0.412. The quantitative estimate of drug-likeness (QED) is 0.137. The minimum absolute atomic E-state index is 0.0830. The molecule has 50 heavy (non-hydrogen) atoms. The van der Waals surface area contributed by atoms with Crippen molar-refractivity contribution in [3.8, 4) is 0 Å². The van der Waals surface area contributed by atoms with Crippen molar-refractivity contribution in [1.82, 2.24) is 4.90 Å². The van der Waals surface area contributed by atoms with E-state index in [4.69, 9.17) is 0 Å². The van der Waals surface area contributed by atoms with Crippen molar-refractivity contribution < 1.29 is 33.3 Å². The Hall–Kier alpha value is -5.12. The summed E-state index contributed by atoms with van der Waals surface area (Å²) in [4.78, 5) is 51.6. The summed E-state index contributed by atoms with van der Waals surface area (Å²) in [5.74, 6) is -2.12. The van der Waals surface area contributed by atoms with Gasteiger partial charge in [-0.15, -0.1) is 0 Å². The number of nitro benzene ring substituents is 2. The first-order valence-corrected chi connectivity index (χ1v) is 20.0. The number of hydrogen-bond donors (Lipinski definition) is 2. The summed E-state index contributed by atoms with van der Waals surface area (Å²) >= 11 is 0. The molecule has 3 aliphatic rings. The Kier molecular flexibility index (Phi) is 9.48. The van der Waals surface area contributed by atoms with Crippen LogP contribution in [0.25, 0.3) is 0 Å². The van der Waals surface area contributed by atoms with Gasteiger partial charge in [0, 0.05) is 43.5 Å². The summed E-state index contributed by atoms with van der Waals surface area (Å²) in [5.41, 5.74) is 0.632. The van der Waals surface area contributed by atoms with Crippen LogP contribution in [0.2, 0.25) is 25.2 Å². The van der Waals surface area contributed by atoms with Crippen LogP contribution in [0.3, 0.4) is 0 Å². The minimum atomic E-state index is -1.41. The SMILES string of the molecule is C[Si]1(C)CCN(c2c(F)cc(N3[C@H](c4ccc([N+](=O)[O-])cc4)CC[C@H]3c3ccc(NC(=O)[C@@H]4CCCN4C(=O)O)c([N+](=O)[O-])c3)cc2F)CC1. The molecular formula is C34H38F2N6O7Si. The van der Waals surface area contributed by atoms with Gasteiger partial charge in [-0.3, -0.25) is 29.9 Å². The number of non-ortho nitro benzene ring substituents is 1. The zero-order valence-electron chi connectivity index (χ0n) is 27.7. The highest BCUT2D eigenvalue weighted by atomic mass is 28.3. The summed E-state index contributed by atoms with van der Waals surface area (Å²) in [5, 5.41) is 35.6. The number of anilines is 3. The Balaban J connectivity index is 1.36. The number of halogens is 2. The predicted octanol–water partition coefficient (Wildman–Crippen LogP) is 7.47. The molecule has 264 valence electrons. The second kappa shape index (κ2) is 13.6. The van der Waals surface area contributed by atoms with E-state index in [-0.39, 0.29) is 35.7 Å². The van der Waals surface area contributed by atoms with Gasteiger partial charge in [0.1, 0.15) is 17.4 Å². The van der Waals surface area contributed by atoms with Crippen molar-refractivity contribution in [1.29, 1.82) is 0 Å². The molecule has 3 saturated heterocycles. The lowest BCUT2D eigenvalue weighted by molar-refractivity contribution is -0.384. The lowest BCUT2D eigenvalue weighted by Crippen LogP contribution is -2.43. The molecule has 0 spiro atoms. The Morgan fingerprint density at radius 3 is 2.04 bits per heavy atom. The molecule has 6 rings (SSSR count). The van der Waals surface area contributed by atoms with Crippen LogP contribution in [0.5, 0.6) is 0 Å². The summed E-state index contributed by atoms with van der Waals surface area (Å²) < 4.78 is 31.9. The molecular weight excluding hydrogens is 670 g/mol. The Labute approximate surface area is 287 Å². The summed E-state index contributed by atoms with van der Waals surface area (Å²) in [6.45, 7) is 5.83. The third-order valence-corrected chi connectivity index (χ3v) is 13.4. The number of nitro groups is 2. The van der Waals surface area contributed by atoms with Gasteiger partial charge in [-0.05, 0) is 67.1 Å². The molecule has 2 amide bonds. The van der Waals surface area contributed by atoms with Crippen LogP contribution in [0.4, 0.5) is 42.0 Å². The van der Waals surface area contributed by atoms with Gasteiger partial charge < -0.3 is 20.2 Å². The average molecular weight is 709 g/mol. The van der Waals surface area contributed by atoms with E-state index in [1.165, 1.54) is 36.4 Å². The van der Waals surface area contributed by atoms with Crippen LogP contribution in [-0.4, -0.2) is 65.6 Å². The molecule has 3 aliphatic heterocycles. The molecule has 0 unspecified atom stereocenters. The summed E-state index contributed by atoms with van der Waals surface area (Å²) in [6.07, 6.45) is 0.418. The van der Waals surface area contributed by atoms with E-state index < -0.39 is 65.4 Å². The number of nitrogens with zero attached hydrogens (tertiary/aromatic N) is 5. The van der Waals surface area contributed by atoms with Crippen molar-refractivity contribution in [3.05, 3.63) is 97.6 Å². The van der Waals surface area contributed by atoms with E-state index in [2.05, 4.69) is 18.4 Å². The molecule has 3 aromatic rings. The standard InChI is InChI=1S/C34H38F2N6O7Si/c1-50(2)16-14-38(15-17-50)32-25(35)19-24(20-26(32)36)40-28(21-5-8-23(9-6-21)41(46)47)11-12-29(40)22-7-10-27(31(18-22)42(48)49)37-33(43)30-4-3-13-39(30)34(44)45/h5-10,18-20,28-30H,3-4,11-17H2,1-2H3,(H,37,43)(H,44,45)/t28-,29-,30-/m0/s1. The summed E-state index contributed by atoms with van der Waals surface area (Å²) in [7, 11) is -1.41. The van der Waals surface area contributed by atoms with E-state index in [0.717, 1.165) is 17.0 Å². The molecule has 3 aromatic carbocycles. The van der Waals surface area contributed by atoms with Crippen LogP contribution in [0.15, 0.2) is 54.6 Å². The molecule has 0 aromatic heterocycles. The van der Waals surface area contributed by atoms with Crippen LogP contribution < -0.4 is 15.1 Å². The van der Waals surface area contributed by atoms with Gasteiger partial charge in [-0.1, -0.05) is 31.3 Å². The monoisotopic (exact) mass is 708 g/mol. The van der Waals surface area contributed by atoms with E-state index in [1.54, 1.807) is 28.0 Å². The topological polar surface area (TPSA) is 162 Å². The molecule has 2 N–H and O–H groups in total. The van der Waals surface area contributed by atoms with Gasteiger partial charge in [-0.25, -0.2) is 13.6 Å². The van der Waals surface area contributed by atoms with Crippen LogP contribution >= 0.6 is 0 Å². The number of nitrogens with one attached hydrogen (secondary N) is 1. The van der Waals surface area contributed by atoms with Crippen molar-refractivity contribution in [2.45, 2.75) is 69.0 Å². The van der Waals surface area contributed by atoms with E-state index >= 15 is 8.78 Å². The highest BCUT2D eigenvalue weighted by Gasteiger charge is 2.39. The zero-order valence-corrected chi connectivity index (χ0v) is 28.7. The third-order valence-electron chi connectivity index (χ3n) is 10.3. The number of carbonyl (C=O) groups is 2. The molecule has 3 heterocycles. The first-order chi connectivity index (χ1) is 23.7. The Morgan fingerprint density at radius 1 is 0.860 bits per heavy atom. The second-order valence-corrected chi connectivity index (χ2v) is 19.3. The average Bonchev–Trinajstić information content (AvgIpc) is 3.74. The van der Waals surface area contributed by atoms with Gasteiger partial charge in [-0.2, -0.15) is 0 Å². The minimum Gasteiger partial charge on any atom is -0.465 e. The predicted molar refractivity (Wildman–Crippen MR) is 185 cm³/mol. The fourth-order valence-electron chi connectivity index (χ4n) is 7.48. The van der Waals surface area contributed by atoms with Gasteiger partial charge >= 0.3 is 6.09 Å². The van der Waals surface area contributed by atoms with Crippen molar-refractivity contribution in [3.63, 3.8) is 0 Å². The van der Waals surface area contributed by atoms with E-state index in [0.29, 0.717) is 43.5 Å². The molecule has 0 radical (unpaired) electrons. The maximum Gasteiger partial charge on any atom is 0.407 e. The maximum atomic E-state index is 16.0. The molecule has 0 aliphatic carbocycles. The number of hydrogen-bond acceptors (Lipinski definition) is 8. The normalized spacial score (nSPS) is 21.7. The van der Waals surface area contributed by atoms with Gasteiger partial charge in [0.15, 0.2) is 11.6 Å². The van der Waals surface area contributed by atoms with Gasteiger partial charge in [0.2, 0.25) is 5.91 Å². The Bertz CT molecular complexity index is 1810. The first kappa shape index (κ1) is 34.7. The first-order valence-electron chi connectivity index (χ1n) is 16.6. The number of likely N-dealkylation sites (tertiary alicyclic amines) is 1. The number of benzene rings is 3. The molecule has 13 nitrogen and oxygen atoms in total. The third kappa shape index (κ3) is 6.84. The number of rotatable bonds is 8. The highest BCUT2D eigenvalue weighted by molar-refractivity contribution is 6.77. The molecule has 0 bridgehead atoms. The highest BCUT2D eigenvalue weighted by Crippen LogP contribution is 2.49. The largest absolute Gasteiger partial charge is 0.465 e. The van der Waals surface area contributed by atoms with Gasteiger partial charge in [0.05, 0.1) is 30.0 Å². The Morgan fingerprint density at radius 2 is 1.46 bits per heavy atom. The molecule has 0 saturated carbocycles. The van der Waals surface area contributed by atoms with Crippen molar-refractivity contribution in [2.24, 2.45) is 0 Å². The maximum absolute atomic E-state index is 16.0. The fourth-order valence-corrected chi connectivity index (χ4v) is 9.48. The van der Waals surface area contributed by atoms with E-state index in [1.807, 2.05) is 0 Å². The van der Waals surface area contributed by atoms with Crippen LogP contribution in [0, 0.1) is 31.9 Å². The second-order valence-electron chi connectivity index (χ2n) is 13.9. The lowest BCUT2D eigenvalue weighted by atomic mass is 10.0. The molecule has 3 fully saturated rings. The molecule has 16 heteroatoms. The smallest absolute Gasteiger partial charge is 0.407 e. The van der Waals surface area contributed by atoms with Crippen LogP contribution in [0.1, 0.15) is 48.9 Å². The van der Waals surface area contributed by atoms with Crippen molar-refractivity contribution in [2.75, 3.05) is 34.8 Å². The van der Waals surface area contributed by atoms with Gasteiger partial charge in [0.25, 0.3) is 11.4 Å². The van der Waals surface area contributed by atoms with Crippen molar-refractivity contribution >= 4 is 48.5 Å². The van der Waals surface area contributed by atoms with E-state index in [9.17, 15) is 34.9 Å². The molecule has 3 atom stereocenters. The zero-order chi connectivity index (χ0) is 35.9. The lowest BCUT2D eigenvalue weighted by Gasteiger charge is -2.38. The van der Waals surface area contributed by atoms with Crippen LogP contribution in [-0.2, 0) is 4.79 Å².